The highest BCUT2D eigenvalue weighted by molar-refractivity contribution is 7.15. The molecule has 0 aliphatic carbocycles. The molecule has 0 radical (unpaired) electrons. The van der Waals surface area contributed by atoms with Crippen molar-refractivity contribution in [3.05, 3.63) is 34.7 Å². The van der Waals surface area contributed by atoms with Crippen molar-refractivity contribution in [2.45, 2.75) is 20.4 Å². The van der Waals surface area contributed by atoms with E-state index in [-0.39, 0.29) is 0 Å². The molecule has 0 aromatic carbocycles. The number of anilines is 1. The van der Waals surface area contributed by atoms with Crippen LogP contribution in [0, 0.1) is 6.92 Å². The number of nitrogens with zero attached hydrogens (tertiary/aromatic N) is 2. The minimum atomic E-state index is -0.394. The first kappa shape index (κ1) is 13.6. The van der Waals surface area contributed by atoms with Gasteiger partial charge in [0.15, 0.2) is 10.8 Å². The van der Waals surface area contributed by atoms with Crippen molar-refractivity contribution in [1.29, 1.82) is 0 Å². The number of carbonyl (C=O) groups excluding carboxylic acids is 1. The Bertz CT molecular complexity index is 548. The number of furan rings is 1. The molecule has 6 heteroatoms. The van der Waals surface area contributed by atoms with Gasteiger partial charge in [-0.15, -0.1) is 11.3 Å². The van der Waals surface area contributed by atoms with Gasteiger partial charge in [-0.3, -0.25) is 0 Å². The van der Waals surface area contributed by atoms with Gasteiger partial charge in [0, 0.05) is 11.4 Å². The predicted octanol–water partition coefficient (Wildman–Crippen LogP) is 2.86. The number of methoxy groups -OCH3 is 1. The normalized spacial score (nSPS) is 10.5. The summed E-state index contributed by atoms with van der Waals surface area (Å²) in [6.07, 6.45) is 1.65. The van der Waals surface area contributed by atoms with Gasteiger partial charge in [-0.2, -0.15) is 0 Å². The number of hydrogen-bond acceptors (Lipinski definition) is 6. The van der Waals surface area contributed by atoms with E-state index in [9.17, 15) is 4.79 Å². The number of hydrogen-bond donors (Lipinski definition) is 0. The summed E-state index contributed by atoms with van der Waals surface area (Å²) in [5, 5.41) is 0.803. The summed E-state index contributed by atoms with van der Waals surface area (Å²) in [6, 6.07) is 3.78. The smallest absolute Gasteiger partial charge is 0.357 e. The Balaban J connectivity index is 2.21. The number of ether oxygens (including phenoxy) is 1. The van der Waals surface area contributed by atoms with Crippen molar-refractivity contribution in [2.75, 3.05) is 18.6 Å². The zero-order valence-corrected chi connectivity index (χ0v) is 12.0. The van der Waals surface area contributed by atoms with Crippen molar-refractivity contribution < 1.29 is 13.9 Å². The Morgan fingerprint density at radius 1 is 1.58 bits per heavy atom. The maximum Gasteiger partial charge on any atom is 0.357 e. The second-order valence-corrected chi connectivity index (χ2v) is 5.17. The molecule has 2 heterocycles. The lowest BCUT2D eigenvalue weighted by Crippen LogP contribution is -2.21. The predicted molar refractivity (Wildman–Crippen MR) is 73.6 cm³/mol. The van der Waals surface area contributed by atoms with Gasteiger partial charge in [-0.05, 0) is 26.0 Å². The molecule has 0 aliphatic heterocycles. The molecule has 2 aromatic heterocycles. The molecule has 0 atom stereocenters. The average molecular weight is 280 g/mol. The maximum absolute atomic E-state index is 11.6. The highest BCUT2D eigenvalue weighted by atomic mass is 32.1. The van der Waals surface area contributed by atoms with Gasteiger partial charge in [0.1, 0.15) is 5.76 Å². The van der Waals surface area contributed by atoms with Gasteiger partial charge in [0.25, 0.3) is 0 Å². The summed E-state index contributed by atoms with van der Waals surface area (Å²) in [6.45, 7) is 5.33. The number of aromatic nitrogens is 1. The van der Waals surface area contributed by atoms with Gasteiger partial charge >= 0.3 is 5.97 Å². The average Bonchev–Trinajstić information content (AvgIpc) is 3.04. The first-order chi connectivity index (χ1) is 9.15. The van der Waals surface area contributed by atoms with Gasteiger partial charge in [0.05, 0.1) is 19.9 Å². The number of esters is 1. The van der Waals surface area contributed by atoms with Crippen molar-refractivity contribution in [2.24, 2.45) is 0 Å². The van der Waals surface area contributed by atoms with Crippen LogP contribution in [-0.4, -0.2) is 24.6 Å². The van der Waals surface area contributed by atoms with Crippen LogP contribution in [0.4, 0.5) is 5.13 Å². The minimum Gasteiger partial charge on any atom is -0.467 e. The molecule has 0 bridgehead atoms. The molecule has 102 valence electrons. The zero-order chi connectivity index (χ0) is 13.8. The summed E-state index contributed by atoms with van der Waals surface area (Å²) in [5.74, 6) is 0.475. The Kier molecular flexibility index (Phi) is 4.21. The Hall–Kier alpha value is -1.82. The van der Waals surface area contributed by atoms with Gasteiger partial charge in [-0.1, -0.05) is 0 Å². The SMILES string of the molecule is CCN(Cc1ccco1)c1nc(C(=O)OC)c(C)s1. The molecule has 0 aliphatic rings. The summed E-state index contributed by atoms with van der Waals surface area (Å²) in [5.41, 5.74) is 0.389. The molecule has 19 heavy (non-hydrogen) atoms. The Morgan fingerprint density at radius 2 is 2.37 bits per heavy atom. The van der Waals surface area contributed by atoms with E-state index in [1.54, 1.807) is 6.26 Å². The van der Waals surface area contributed by atoms with Gasteiger partial charge < -0.3 is 14.1 Å². The molecule has 0 unspecified atom stereocenters. The monoisotopic (exact) mass is 280 g/mol. The molecule has 0 fully saturated rings. The number of aryl methyl sites for hydroxylation is 1. The van der Waals surface area contributed by atoms with E-state index in [0.717, 1.165) is 22.3 Å². The van der Waals surface area contributed by atoms with Crippen LogP contribution in [0.1, 0.15) is 28.0 Å². The molecule has 0 amide bonds. The fraction of sp³-hybridized carbons (Fsp3) is 0.385. The van der Waals surface area contributed by atoms with Gasteiger partial charge in [-0.25, -0.2) is 9.78 Å². The van der Waals surface area contributed by atoms with E-state index in [1.807, 2.05) is 26.0 Å². The van der Waals surface area contributed by atoms with E-state index in [0.29, 0.717) is 12.2 Å². The molecule has 5 nitrogen and oxygen atoms in total. The van der Waals surface area contributed by atoms with Crippen molar-refractivity contribution >= 4 is 22.4 Å². The molecular weight excluding hydrogens is 264 g/mol. The van der Waals surface area contributed by atoms with E-state index >= 15 is 0 Å². The fourth-order valence-electron chi connectivity index (χ4n) is 1.71. The van der Waals surface area contributed by atoms with Crippen LogP contribution in [0.2, 0.25) is 0 Å². The largest absolute Gasteiger partial charge is 0.467 e. The minimum absolute atomic E-state index is 0.389. The van der Waals surface area contributed by atoms with Crippen LogP contribution >= 0.6 is 11.3 Å². The summed E-state index contributed by atoms with van der Waals surface area (Å²) >= 11 is 1.48. The summed E-state index contributed by atoms with van der Waals surface area (Å²) in [4.78, 5) is 18.8. The quantitative estimate of drug-likeness (QED) is 0.788. The molecule has 2 rings (SSSR count). The molecule has 0 saturated heterocycles. The van der Waals surface area contributed by atoms with Gasteiger partial charge in [0.2, 0.25) is 0 Å². The Labute approximate surface area is 115 Å². The van der Waals surface area contributed by atoms with Crippen molar-refractivity contribution in [3.63, 3.8) is 0 Å². The standard InChI is InChI=1S/C13H16N2O3S/c1-4-15(8-10-6-5-7-18-10)13-14-11(9(2)19-13)12(16)17-3/h5-7H,4,8H2,1-3H3. The fourth-order valence-corrected chi connectivity index (χ4v) is 2.67. The van der Waals surface area contributed by atoms with E-state index < -0.39 is 5.97 Å². The molecule has 0 N–H and O–H groups in total. The van der Waals surface area contributed by atoms with E-state index in [1.165, 1.54) is 18.4 Å². The van der Waals surface area contributed by atoms with Crippen molar-refractivity contribution in [3.8, 4) is 0 Å². The topological polar surface area (TPSA) is 55.6 Å². The summed E-state index contributed by atoms with van der Waals surface area (Å²) in [7, 11) is 1.36. The maximum atomic E-state index is 11.6. The zero-order valence-electron chi connectivity index (χ0n) is 11.2. The highest BCUT2D eigenvalue weighted by Crippen LogP contribution is 2.27. The third-order valence-electron chi connectivity index (χ3n) is 2.74. The number of thiazole rings is 1. The molecule has 2 aromatic rings. The van der Waals surface area contributed by atoms with Crippen LogP contribution in [0.25, 0.3) is 0 Å². The number of rotatable bonds is 5. The van der Waals surface area contributed by atoms with Crippen LogP contribution in [0.5, 0.6) is 0 Å². The first-order valence-corrected chi connectivity index (χ1v) is 6.80. The second kappa shape index (κ2) is 5.88. The number of carbonyl (C=O) groups is 1. The van der Waals surface area contributed by atoms with Crippen molar-refractivity contribution in [1.82, 2.24) is 4.98 Å². The lowest BCUT2D eigenvalue weighted by atomic mass is 10.4. The summed E-state index contributed by atoms with van der Waals surface area (Å²) < 4.78 is 10.1. The lowest BCUT2D eigenvalue weighted by Gasteiger charge is -2.17. The highest BCUT2D eigenvalue weighted by Gasteiger charge is 2.19. The van der Waals surface area contributed by atoms with Crippen LogP contribution in [0.3, 0.4) is 0 Å². The van der Waals surface area contributed by atoms with E-state index in [2.05, 4.69) is 9.88 Å². The first-order valence-electron chi connectivity index (χ1n) is 5.98. The Morgan fingerprint density at radius 3 is 2.95 bits per heavy atom. The van der Waals surface area contributed by atoms with Crippen LogP contribution in [-0.2, 0) is 11.3 Å². The van der Waals surface area contributed by atoms with Crippen LogP contribution in [0.15, 0.2) is 22.8 Å². The second-order valence-electron chi connectivity index (χ2n) is 3.99. The third kappa shape index (κ3) is 2.96. The lowest BCUT2D eigenvalue weighted by molar-refractivity contribution is 0.0594. The van der Waals surface area contributed by atoms with Crippen LogP contribution < -0.4 is 4.90 Å². The van der Waals surface area contributed by atoms with E-state index in [4.69, 9.17) is 9.15 Å². The molecule has 0 saturated carbocycles. The molecule has 0 spiro atoms. The molecular formula is C13H16N2O3S. The third-order valence-corrected chi connectivity index (χ3v) is 3.77.